The van der Waals surface area contributed by atoms with E-state index < -0.39 is 6.04 Å². The van der Waals surface area contributed by atoms with Crippen molar-refractivity contribution in [1.29, 1.82) is 0 Å². The SMILES string of the molecule is CNC(C(=O)Nc1cccc(Cn2ccnc2C(C)C)c1)c1cnn(C)c1. The maximum atomic E-state index is 12.7. The lowest BCUT2D eigenvalue weighted by Crippen LogP contribution is -2.30. The number of benzene rings is 1. The number of anilines is 1. The van der Waals surface area contributed by atoms with Crippen molar-refractivity contribution in [2.24, 2.45) is 7.05 Å². The smallest absolute Gasteiger partial charge is 0.246 e. The molecule has 2 aromatic heterocycles. The van der Waals surface area contributed by atoms with Gasteiger partial charge in [-0.1, -0.05) is 26.0 Å². The van der Waals surface area contributed by atoms with Gasteiger partial charge in [-0.25, -0.2) is 4.98 Å². The number of carbonyl (C=O) groups is 1. The fraction of sp³-hybridized carbons (Fsp3) is 0.350. The zero-order valence-electron chi connectivity index (χ0n) is 16.2. The summed E-state index contributed by atoms with van der Waals surface area (Å²) in [6, 6.07) is 7.45. The average molecular weight is 366 g/mol. The summed E-state index contributed by atoms with van der Waals surface area (Å²) in [5.74, 6) is 1.29. The van der Waals surface area contributed by atoms with Crippen LogP contribution in [-0.2, 0) is 18.4 Å². The number of nitrogens with one attached hydrogen (secondary N) is 2. The van der Waals surface area contributed by atoms with Crippen molar-refractivity contribution in [2.45, 2.75) is 32.4 Å². The Labute approximate surface area is 159 Å². The third kappa shape index (κ3) is 4.43. The molecule has 3 aromatic rings. The number of hydrogen-bond acceptors (Lipinski definition) is 4. The van der Waals surface area contributed by atoms with Crippen molar-refractivity contribution in [1.82, 2.24) is 24.6 Å². The quantitative estimate of drug-likeness (QED) is 0.674. The number of rotatable bonds is 7. The monoisotopic (exact) mass is 366 g/mol. The van der Waals surface area contributed by atoms with E-state index in [0.29, 0.717) is 5.92 Å². The number of carbonyl (C=O) groups excluding carboxylic acids is 1. The minimum Gasteiger partial charge on any atom is -0.330 e. The lowest BCUT2D eigenvalue weighted by molar-refractivity contribution is -0.118. The second-order valence-electron chi connectivity index (χ2n) is 6.93. The maximum absolute atomic E-state index is 12.7. The highest BCUT2D eigenvalue weighted by Gasteiger charge is 2.20. The van der Waals surface area contributed by atoms with Crippen LogP contribution >= 0.6 is 0 Å². The molecule has 2 heterocycles. The Kier molecular flexibility index (Phi) is 5.71. The third-order valence-electron chi connectivity index (χ3n) is 4.42. The summed E-state index contributed by atoms with van der Waals surface area (Å²) in [5, 5.41) is 10.2. The summed E-state index contributed by atoms with van der Waals surface area (Å²) in [6.45, 7) is 4.98. The largest absolute Gasteiger partial charge is 0.330 e. The summed E-state index contributed by atoms with van der Waals surface area (Å²) < 4.78 is 3.82. The highest BCUT2D eigenvalue weighted by molar-refractivity contribution is 5.95. The highest BCUT2D eigenvalue weighted by Crippen LogP contribution is 2.18. The minimum atomic E-state index is -0.455. The summed E-state index contributed by atoms with van der Waals surface area (Å²) >= 11 is 0. The van der Waals surface area contributed by atoms with Crippen LogP contribution in [0.2, 0.25) is 0 Å². The van der Waals surface area contributed by atoms with E-state index in [1.54, 1.807) is 17.9 Å². The molecule has 0 aliphatic rings. The Morgan fingerprint density at radius 1 is 1.30 bits per heavy atom. The number of amides is 1. The topological polar surface area (TPSA) is 76.8 Å². The normalized spacial score (nSPS) is 12.3. The second kappa shape index (κ2) is 8.18. The number of imidazole rings is 1. The predicted molar refractivity (Wildman–Crippen MR) is 105 cm³/mol. The molecule has 1 aromatic carbocycles. The van der Waals surface area contributed by atoms with Crippen molar-refractivity contribution in [2.75, 3.05) is 12.4 Å². The zero-order valence-corrected chi connectivity index (χ0v) is 16.2. The van der Waals surface area contributed by atoms with Gasteiger partial charge in [-0.3, -0.25) is 9.48 Å². The van der Waals surface area contributed by atoms with E-state index in [2.05, 4.69) is 45.2 Å². The molecule has 7 nitrogen and oxygen atoms in total. The van der Waals surface area contributed by atoms with Gasteiger partial charge in [0.2, 0.25) is 5.91 Å². The van der Waals surface area contributed by atoms with Gasteiger partial charge in [-0.15, -0.1) is 0 Å². The summed E-state index contributed by atoms with van der Waals surface area (Å²) in [5.41, 5.74) is 2.71. The maximum Gasteiger partial charge on any atom is 0.246 e. The molecule has 2 N–H and O–H groups in total. The first-order valence-electron chi connectivity index (χ1n) is 9.04. The molecule has 0 saturated heterocycles. The van der Waals surface area contributed by atoms with Crippen LogP contribution in [0.1, 0.15) is 42.8 Å². The lowest BCUT2D eigenvalue weighted by Gasteiger charge is -2.15. The van der Waals surface area contributed by atoms with Crippen LogP contribution in [0, 0.1) is 0 Å². The van der Waals surface area contributed by atoms with Crippen molar-refractivity contribution in [3.63, 3.8) is 0 Å². The van der Waals surface area contributed by atoms with Gasteiger partial charge in [0, 0.05) is 49.4 Å². The number of aryl methyl sites for hydroxylation is 1. The van der Waals surface area contributed by atoms with Crippen LogP contribution in [0.25, 0.3) is 0 Å². The van der Waals surface area contributed by atoms with Crippen molar-refractivity contribution in [3.8, 4) is 0 Å². The number of hydrogen-bond donors (Lipinski definition) is 2. The molecule has 0 fully saturated rings. The van der Waals surface area contributed by atoms with E-state index in [-0.39, 0.29) is 5.91 Å². The molecule has 27 heavy (non-hydrogen) atoms. The van der Waals surface area contributed by atoms with Crippen molar-refractivity contribution in [3.05, 3.63) is 66.0 Å². The van der Waals surface area contributed by atoms with Gasteiger partial charge in [0.1, 0.15) is 11.9 Å². The molecule has 0 radical (unpaired) electrons. The molecule has 1 atom stereocenters. The molecule has 7 heteroatoms. The van der Waals surface area contributed by atoms with Gasteiger partial charge in [0.05, 0.1) is 6.20 Å². The van der Waals surface area contributed by atoms with Crippen LogP contribution in [0.15, 0.2) is 49.1 Å². The second-order valence-corrected chi connectivity index (χ2v) is 6.93. The molecule has 0 spiro atoms. The van der Waals surface area contributed by atoms with Crippen LogP contribution in [0.5, 0.6) is 0 Å². The Morgan fingerprint density at radius 2 is 2.11 bits per heavy atom. The fourth-order valence-electron chi connectivity index (χ4n) is 3.15. The molecule has 3 rings (SSSR count). The van der Waals surface area contributed by atoms with Gasteiger partial charge in [0.15, 0.2) is 0 Å². The van der Waals surface area contributed by atoms with E-state index in [0.717, 1.165) is 29.2 Å². The van der Waals surface area contributed by atoms with E-state index in [1.165, 1.54) is 0 Å². The Bertz CT molecular complexity index is 911. The van der Waals surface area contributed by atoms with Crippen molar-refractivity contribution < 1.29 is 4.79 Å². The molecular weight excluding hydrogens is 340 g/mol. The summed E-state index contributed by atoms with van der Waals surface area (Å²) in [7, 11) is 3.60. The summed E-state index contributed by atoms with van der Waals surface area (Å²) in [6.07, 6.45) is 7.35. The summed E-state index contributed by atoms with van der Waals surface area (Å²) in [4.78, 5) is 17.1. The number of nitrogens with zero attached hydrogens (tertiary/aromatic N) is 4. The Balaban J connectivity index is 1.73. The first-order chi connectivity index (χ1) is 13.0. The van der Waals surface area contributed by atoms with Crippen LogP contribution in [0.3, 0.4) is 0 Å². The molecular formula is C20H26N6O. The molecule has 142 valence electrons. The van der Waals surface area contributed by atoms with E-state index >= 15 is 0 Å². The highest BCUT2D eigenvalue weighted by atomic mass is 16.2. The molecule has 0 bridgehead atoms. The first kappa shape index (κ1) is 18.8. The molecule has 1 unspecified atom stereocenters. The molecule has 0 aliphatic heterocycles. The van der Waals surface area contributed by atoms with Crippen molar-refractivity contribution >= 4 is 11.6 Å². The number of aromatic nitrogens is 4. The van der Waals surface area contributed by atoms with Gasteiger partial charge in [-0.2, -0.15) is 5.10 Å². The van der Waals surface area contributed by atoms with E-state index in [9.17, 15) is 4.79 Å². The van der Waals surface area contributed by atoms with E-state index in [4.69, 9.17) is 0 Å². The Morgan fingerprint density at radius 3 is 2.78 bits per heavy atom. The lowest BCUT2D eigenvalue weighted by atomic mass is 10.1. The van der Waals surface area contributed by atoms with Gasteiger partial charge in [-0.05, 0) is 24.7 Å². The zero-order chi connectivity index (χ0) is 19.4. The third-order valence-corrected chi connectivity index (χ3v) is 4.42. The average Bonchev–Trinajstić information content (AvgIpc) is 3.25. The van der Waals surface area contributed by atoms with Crippen LogP contribution in [-0.4, -0.2) is 32.3 Å². The standard InChI is InChI=1S/C20H26N6O/c1-14(2)19-22-8-9-26(19)12-15-6-5-7-17(10-15)24-20(27)18(21-3)16-11-23-25(4)13-16/h5-11,13-14,18,21H,12H2,1-4H3,(H,24,27). The van der Waals surface area contributed by atoms with Gasteiger partial charge >= 0.3 is 0 Å². The molecule has 0 saturated carbocycles. The van der Waals surface area contributed by atoms with Gasteiger partial charge < -0.3 is 15.2 Å². The fourth-order valence-corrected chi connectivity index (χ4v) is 3.15. The van der Waals surface area contributed by atoms with E-state index in [1.807, 2.05) is 43.8 Å². The minimum absolute atomic E-state index is 0.117. The van der Waals surface area contributed by atoms with Crippen LogP contribution in [0.4, 0.5) is 5.69 Å². The number of likely N-dealkylation sites (N-methyl/N-ethyl adjacent to an activating group) is 1. The van der Waals surface area contributed by atoms with Crippen LogP contribution < -0.4 is 10.6 Å². The Hall–Kier alpha value is -2.93. The molecule has 0 aliphatic carbocycles. The first-order valence-corrected chi connectivity index (χ1v) is 9.04. The molecule has 1 amide bonds. The predicted octanol–water partition coefficient (Wildman–Crippen LogP) is 2.69. The van der Waals surface area contributed by atoms with Gasteiger partial charge in [0.25, 0.3) is 0 Å².